The standard InChI is InChI=1S/C10H12N4/c1-6-10(7(2)14-13-6)9-4-3-8(11)5-12-9/h3-5H,11H2,1-2H3,(H,13,14). The second-order valence-corrected chi connectivity index (χ2v) is 3.29. The largest absolute Gasteiger partial charge is 0.397 e. The van der Waals surface area contributed by atoms with E-state index in [-0.39, 0.29) is 0 Å². The molecule has 2 aromatic heterocycles. The zero-order valence-corrected chi connectivity index (χ0v) is 8.20. The lowest BCUT2D eigenvalue weighted by Gasteiger charge is -2.00. The molecule has 2 heterocycles. The van der Waals surface area contributed by atoms with Crippen LogP contribution >= 0.6 is 0 Å². The van der Waals surface area contributed by atoms with Gasteiger partial charge in [-0.05, 0) is 26.0 Å². The van der Waals surface area contributed by atoms with Crippen molar-refractivity contribution in [2.24, 2.45) is 0 Å². The summed E-state index contributed by atoms with van der Waals surface area (Å²) in [6.45, 7) is 3.93. The number of hydrogen-bond acceptors (Lipinski definition) is 3. The lowest BCUT2D eigenvalue weighted by molar-refractivity contribution is 1.02. The summed E-state index contributed by atoms with van der Waals surface area (Å²) in [6.07, 6.45) is 1.65. The second-order valence-electron chi connectivity index (χ2n) is 3.29. The van der Waals surface area contributed by atoms with Crippen molar-refractivity contribution >= 4 is 5.69 Å². The van der Waals surface area contributed by atoms with E-state index in [1.807, 2.05) is 26.0 Å². The Bertz CT molecular complexity index is 422. The quantitative estimate of drug-likeness (QED) is 0.715. The Morgan fingerprint density at radius 2 is 2.07 bits per heavy atom. The molecule has 0 amide bonds. The highest BCUT2D eigenvalue weighted by Gasteiger charge is 2.09. The molecule has 0 aliphatic carbocycles. The topological polar surface area (TPSA) is 67.6 Å². The normalized spacial score (nSPS) is 10.4. The van der Waals surface area contributed by atoms with Gasteiger partial charge in [0.15, 0.2) is 0 Å². The van der Waals surface area contributed by atoms with Gasteiger partial charge in [0.25, 0.3) is 0 Å². The predicted octanol–water partition coefficient (Wildman–Crippen LogP) is 1.67. The van der Waals surface area contributed by atoms with Crippen LogP contribution in [0.25, 0.3) is 11.3 Å². The number of aromatic amines is 1. The van der Waals surface area contributed by atoms with Crippen LogP contribution in [-0.2, 0) is 0 Å². The van der Waals surface area contributed by atoms with Crippen molar-refractivity contribution in [3.05, 3.63) is 29.7 Å². The number of rotatable bonds is 1. The number of hydrogen-bond donors (Lipinski definition) is 2. The Kier molecular flexibility index (Phi) is 1.96. The van der Waals surface area contributed by atoms with Gasteiger partial charge in [0, 0.05) is 11.3 Å². The molecule has 72 valence electrons. The molecule has 0 unspecified atom stereocenters. The summed E-state index contributed by atoms with van der Waals surface area (Å²) >= 11 is 0. The van der Waals surface area contributed by atoms with E-state index in [0.29, 0.717) is 5.69 Å². The first-order valence-electron chi connectivity index (χ1n) is 4.42. The summed E-state index contributed by atoms with van der Waals surface area (Å²) in [7, 11) is 0. The van der Waals surface area contributed by atoms with Crippen LogP contribution in [0.1, 0.15) is 11.4 Å². The average Bonchev–Trinajstić information content (AvgIpc) is 2.49. The molecule has 0 spiro atoms. The summed E-state index contributed by atoms with van der Waals surface area (Å²) in [4.78, 5) is 4.26. The maximum Gasteiger partial charge on any atom is 0.0740 e. The fourth-order valence-corrected chi connectivity index (χ4v) is 1.48. The van der Waals surface area contributed by atoms with E-state index in [1.165, 1.54) is 0 Å². The minimum Gasteiger partial charge on any atom is -0.397 e. The summed E-state index contributed by atoms with van der Waals surface area (Å²) in [5.74, 6) is 0. The Hall–Kier alpha value is -1.84. The third-order valence-electron chi connectivity index (χ3n) is 2.17. The van der Waals surface area contributed by atoms with Gasteiger partial charge >= 0.3 is 0 Å². The zero-order valence-electron chi connectivity index (χ0n) is 8.20. The number of aromatic nitrogens is 3. The molecule has 0 aromatic carbocycles. The van der Waals surface area contributed by atoms with Crippen LogP contribution in [0.5, 0.6) is 0 Å². The van der Waals surface area contributed by atoms with Gasteiger partial charge in [-0.15, -0.1) is 0 Å². The summed E-state index contributed by atoms with van der Waals surface area (Å²) in [6, 6.07) is 3.74. The molecular weight excluding hydrogens is 176 g/mol. The highest BCUT2D eigenvalue weighted by molar-refractivity contribution is 5.65. The number of nitrogen functional groups attached to an aromatic ring is 1. The molecule has 2 aromatic rings. The molecule has 0 fully saturated rings. The minimum absolute atomic E-state index is 0.674. The van der Waals surface area contributed by atoms with Gasteiger partial charge in [-0.1, -0.05) is 0 Å². The van der Waals surface area contributed by atoms with Crippen LogP contribution in [0, 0.1) is 13.8 Å². The van der Waals surface area contributed by atoms with Crippen LogP contribution in [0.2, 0.25) is 0 Å². The van der Waals surface area contributed by atoms with Crippen LogP contribution in [-0.4, -0.2) is 15.2 Å². The molecule has 0 aliphatic heterocycles. The third-order valence-corrected chi connectivity index (χ3v) is 2.17. The van der Waals surface area contributed by atoms with Gasteiger partial charge in [-0.2, -0.15) is 5.10 Å². The van der Waals surface area contributed by atoms with E-state index in [1.54, 1.807) is 6.20 Å². The van der Waals surface area contributed by atoms with Crippen molar-refractivity contribution < 1.29 is 0 Å². The highest BCUT2D eigenvalue weighted by atomic mass is 15.1. The summed E-state index contributed by atoms with van der Waals surface area (Å²) in [5.41, 5.74) is 10.2. The SMILES string of the molecule is Cc1n[nH]c(C)c1-c1ccc(N)cn1. The van der Waals surface area contributed by atoms with Crippen molar-refractivity contribution in [1.82, 2.24) is 15.2 Å². The molecule has 0 saturated carbocycles. The molecule has 3 N–H and O–H groups in total. The van der Waals surface area contributed by atoms with Gasteiger partial charge in [-0.25, -0.2) is 0 Å². The van der Waals surface area contributed by atoms with Crippen LogP contribution < -0.4 is 5.73 Å². The number of H-pyrrole nitrogens is 1. The Labute approximate surface area is 82.2 Å². The number of aryl methyl sites for hydroxylation is 2. The molecule has 0 radical (unpaired) electrons. The van der Waals surface area contributed by atoms with Gasteiger partial charge in [-0.3, -0.25) is 10.1 Å². The smallest absolute Gasteiger partial charge is 0.0740 e. The van der Waals surface area contributed by atoms with E-state index in [0.717, 1.165) is 22.6 Å². The van der Waals surface area contributed by atoms with Gasteiger partial charge in [0.05, 0.1) is 23.3 Å². The van der Waals surface area contributed by atoms with E-state index in [4.69, 9.17) is 5.73 Å². The zero-order chi connectivity index (χ0) is 10.1. The van der Waals surface area contributed by atoms with Crippen molar-refractivity contribution in [2.45, 2.75) is 13.8 Å². The number of anilines is 1. The third kappa shape index (κ3) is 1.35. The molecule has 0 aliphatic rings. The van der Waals surface area contributed by atoms with Crippen LogP contribution in [0.4, 0.5) is 5.69 Å². The Balaban J connectivity index is 2.54. The molecule has 14 heavy (non-hydrogen) atoms. The van der Waals surface area contributed by atoms with Crippen molar-refractivity contribution in [3.63, 3.8) is 0 Å². The Morgan fingerprint density at radius 1 is 1.29 bits per heavy atom. The molecule has 4 nitrogen and oxygen atoms in total. The predicted molar refractivity (Wildman–Crippen MR) is 55.7 cm³/mol. The lowest BCUT2D eigenvalue weighted by atomic mass is 10.1. The number of nitrogens with one attached hydrogen (secondary N) is 1. The molecular formula is C10H12N4. The lowest BCUT2D eigenvalue weighted by Crippen LogP contribution is -1.89. The number of nitrogens with zero attached hydrogens (tertiary/aromatic N) is 2. The second kappa shape index (κ2) is 3.14. The first kappa shape index (κ1) is 8.74. The fraction of sp³-hybridized carbons (Fsp3) is 0.200. The van der Waals surface area contributed by atoms with E-state index < -0.39 is 0 Å². The molecule has 0 bridgehead atoms. The minimum atomic E-state index is 0.674. The van der Waals surface area contributed by atoms with Gasteiger partial charge < -0.3 is 5.73 Å². The van der Waals surface area contributed by atoms with E-state index >= 15 is 0 Å². The van der Waals surface area contributed by atoms with Crippen molar-refractivity contribution in [2.75, 3.05) is 5.73 Å². The average molecular weight is 188 g/mol. The Morgan fingerprint density at radius 3 is 2.57 bits per heavy atom. The first-order valence-corrected chi connectivity index (χ1v) is 4.42. The van der Waals surface area contributed by atoms with Crippen LogP contribution in [0.15, 0.2) is 18.3 Å². The molecule has 2 rings (SSSR count). The number of pyridine rings is 1. The van der Waals surface area contributed by atoms with Crippen molar-refractivity contribution in [1.29, 1.82) is 0 Å². The van der Waals surface area contributed by atoms with E-state index in [2.05, 4.69) is 15.2 Å². The van der Waals surface area contributed by atoms with E-state index in [9.17, 15) is 0 Å². The summed E-state index contributed by atoms with van der Waals surface area (Å²) < 4.78 is 0. The van der Waals surface area contributed by atoms with Gasteiger partial charge in [0.1, 0.15) is 0 Å². The fourth-order valence-electron chi connectivity index (χ4n) is 1.48. The molecule has 0 atom stereocenters. The summed E-state index contributed by atoms with van der Waals surface area (Å²) in [5, 5.41) is 7.05. The van der Waals surface area contributed by atoms with Gasteiger partial charge in [0.2, 0.25) is 0 Å². The monoisotopic (exact) mass is 188 g/mol. The van der Waals surface area contributed by atoms with Crippen molar-refractivity contribution in [3.8, 4) is 11.3 Å². The maximum absolute atomic E-state index is 5.57. The maximum atomic E-state index is 5.57. The first-order chi connectivity index (χ1) is 6.68. The van der Waals surface area contributed by atoms with Crippen LogP contribution in [0.3, 0.4) is 0 Å². The number of nitrogens with two attached hydrogens (primary N) is 1. The highest BCUT2D eigenvalue weighted by Crippen LogP contribution is 2.23. The molecule has 4 heteroatoms. The molecule has 0 saturated heterocycles.